The first-order chi connectivity index (χ1) is 22.2. The van der Waals surface area contributed by atoms with Gasteiger partial charge < -0.3 is 23.8 Å². The van der Waals surface area contributed by atoms with Crippen molar-refractivity contribution in [2.45, 2.75) is 123 Å². The van der Waals surface area contributed by atoms with E-state index in [4.69, 9.17) is 40.0 Å². The molecule has 0 amide bonds. The lowest BCUT2D eigenvalue weighted by atomic mass is 10.0. The van der Waals surface area contributed by atoms with Crippen LogP contribution in [0.25, 0.3) is 0 Å². The SMILES string of the molecule is CC(C)OC(=O)OCOP(=O)(C/C=C/Cn1cc(Cl)c(=O)[nH]c1=O)OCCCCCCCCCCCCCCCCOCCCO. The molecule has 0 fully saturated rings. The van der Waals surface area contributed by atoms with Crippen LogP contribution in [0.15, 0.2) is 27.9 Å². The number of hydrogen-bond donors (Lipinski definition) is 2. The number of nitrogens with one attached hydrogen (secondary N) is 1. The maximum atomic E-state index is 13.3. The van der Waals surface area contributed by atoms with Crippen LogP contribution >= 0.6 is 19.2 Å². The molecule has 0 saturated carbocycles. The average molecular weight is 695 g/mol. The molecule has 1 atom stereocenters. The number of H-pyrrole nitrogens is 1. The summed E-state index contributed by atoms with van der Waals surface area (Å²) in [6.45, 7) is 4.73. The van der Waals surface area contributed by atoms with Crippen molar-refractivity contribution in [2.75, 3.05) is 39.4 Å². The number of halogens is 1. The highest BCUT2D eigenvalue weighted by molar-refractivity contribution is 7.54. The van der Waals surface area contributed by atoms with Crippen LogP contribution in [0.5, 0.6) is 0 Å². The van der Waals surface area contributed by atoms with Gasteiger partial charge in [-0.05, 0) is 33.1 Å². The maximum absolute atomic E-state index is 13.3. The average Bonchev–Trinajstić information content (AvgIpc) is 3.00. The van der Waals surface area contributed by atoms with Gasteiger partial charge in [-0.25, -0.2) is 9.59 Å². The summed E-state index contributed by atoms with van der Waals surface area (Å²) < 4.78 is 40.7. The van der Waals surface area contributed by atoms with E-state index in [2.05, 4.69) is 4.98 Å². The molecule has 0 radical (unpaired) electrons. The Morgan fingerprint density at radius 3 is 1.98 bits per heavy atom. The predicted molar refractivity (Wildman–Crippen MR) is 180 cm³/mol. The van der Waals surface area contributed by atoms with Crippen molar-refractivity contribution in [3.8, 4) is 0 Å². The van der Waals surface area contributed by atoms with Crippen LogP contribution < -0.4 is 11.2 Å². The zero-order valence-corrected chi connectivity index (χ0v) is 29.4. The number of nitrogens with zero attached hydrogens (tertiary/aromatic N) is 1. The molecule has 1 unspecified atom stereocenters. The van der Waals surface area contributed by atoms with E-state index in [1.807, 2.05) is 0 Å². The maximum Gasteiger partial charge on any atom is 0.510 e. The molecule has 12 nitrogen and oxygen atoms in total. The number of aromatic nitrogens is 2. The summed E-state index contributed by atoms with van der Waals surface area (Å²) in [6, 6.07) is 0. The topological polar surface area (TPSA) is 155 Å². The highest BCUT2D eigenvalue weighted by atomic mass is 35.5. The molecular formula is C32H56ClN2O10P. The summed E-state index contributed by atoms with van der Waals surface area (Å²) in [7, 11) is -3.66. The minimum atomic E-state index is -3.66. The number of aromatic amines is 1. The fourth-order valence-corrected chi connectivity index (χ4v) is 5.91. The van der Waals surface area contributed by atoms with E-state index in [1.54, 1.807) is 19.9 Å². The second kappa shape index (κ2) is 27.0. The Labute approximate surface area is 278 Å². The molecule has 1 aromatic heterocycles. The largest absolute Gasteiger partial charge is 0.510 e. The van der Waals surface area contributed by atoms with Gasteiger partial charge in [0.15, 0.2) is 0 Å². The van der Waals surface area contributed by atoms with Gasteiger partial charge in [0.1, 0.15) is 5.02 Å². The monoisotopic (exact) mass is 694 g/mol. The zero-order chi connectivity index (χ0) is 33.9. The minimum absolute atomic E-state index is 0.0799. The van der Waals surface area contributed by atoms with E-state index in [1.165, 1.54) is 74.6 Å². The molecule has 1 rings (SSSR count). The van der Waals surface area contributed by atoms with Gasteiger partial charge in [-0.2, -0.15) is 0 Å². The van der Waals surface area contributed by atoms with E-state index >= 15 is 0 Å². The summed E-state index contributed by atoms with van der Waals surface area (Å²) >= 11 is 5.78. The second-order valence-corrected chi connectivity index (χ2v) is 13.9. The van der Waals surface area contributed by atoms with Crippen molar-refractivity contribution in [3.63, 3.8) is 0 Å². The van der Waals surface area contributed by atoms with Crippen molar-refractivity contribution in [3.05, 3.63) is 44.2 Å². The predicted octanol–water partition coefficient (Wildman–Crippen LogP) is 7.35. The highest BCUT2D eigenvalue weighted by Crippen LogP contribution is 2.48. The number of allylic oxidation sites excluding steroid dienone is 2. The van der Waals surface area contributed by atoms with Crippen LogP contribution in [0.2, 0.25) is 5.02 Å². The van der Waals surface area contributed by atoms with Crippen LogP contribution in [0.4, 0.5) is 4.79 Å². The Morgan fingerprint density at radius 1 is 0.870 bits per heavy atom. The summed E-state index contributed by atoms with van der Waals surface area (Å²) in [4.78, 5) is 37.1. The van der Waals surface area contributed by atoms with Crippen LogP contribution in [-0.2, 0) is 34.4 Å². The number of hydrogen-bond acceptors (Lipinski definition) is 10. The van der Waals surface area contributed by atoms with Crippen molar-refractivity contribution in [1.82, 2.24) is 9.55 Å². The van der Waals surface area contributed by atoms with Crippen LogP contribution in [0, 0.1) is 0 Å². The number of aliphatic hydroxyl groups excluding tert-OH is 1. The first-order valence-corrected chi connectivity index (χ1v) is 18.8. The normalized spacial score (nSPS) is 13.0. The molecule has 0 aliphatic rings. The Balaban J connectivity index is 2.23. The molecule has 0 aliphatic heterocycles. The third kappa shape index (κ3) is 22.6. The highest BCUT2D eigenvalue weighted by Gasteiger charge is 2.24. The van der Waals surface area contributed by atoms with Crippen molar-refractivity contribution >= 4 is 25.4 Å². The van der Waals surface area contributed by atoms with Crippen LogP contribution in [0.1, 0.15) is 110 Å². The molecule has 0 bridgehead atoms. The van der Waals surface area contributed by atoms with Crippen molar-refractivity contribution < 1.29 is 37.7 Å². The molecule has 14 heteroatoms. The number of ether oxygens (including phenoxy) is 3. The lowest BCUT2D eigenvalue weighted by Gasteiger charge is -2.17. The molecule has 46 heavy (non-hydrogen) atoms. The Bertz CT molecular complexity index is 1120. The Morgan fingerprint density at radius 2 is 1.41 bits per heavy atom. The van der Waals surface area contributed by atoms with Crippen LogP contribution in [-0.4, -0.2) is 66.3 Å². The summed E-state index contributed by atoms with van der Waals surface area (Å²) in [5.41, 5.74) is -1.29. The smallest absolute Gasteiger partial charge is 0.432 e. The first kappa shape index (κ1) is 42.1. The number of carbonyl (C=O) groups excluding carboxylic acids is 1. The number of rotatable bonds is 29. The third-order valence-corrected chi connectivity index (χ3v) is 8.94. The van der Waals surface area contributed by atoms with Crippen molar-refractivity contribution in [2.24, 2.45) is 0 Å². The van der Waals surface area contributed by atoms with Gasteiger partial charge >= 0.3 is 19.4 Å². The third-order valence-electron chi connectivity index (χ3n) is 6.94. The Hall–Kier alpha value is -1.95. The number of carbonyl (C=O) groups is 1. The van der Waals surface area contributed by atoms with E-state index < -0.39 is 31.8 Å². The van der Waals surface area contributed by atoms with E-state index in [0.29, 0.717) is 13.0 Å². The lowest BCUT2D eigenvalue weighted by Crippen LogP contribution is -2.29. The molecule has 0 aromatic carbocycles. The fraction of sp³-hybridized carbons (Fsp3) is 0.781. The summed E-state index contributed by atoms with van der Waals surface area (Å²) in [6.07, 6.45) is 20.0. The van der Waals surface area contributed by atoms with E-state index in [-0.39, 0.29) is 37.0 Å². The van der Waals surface area contributed by atoms with Gasteiger partial charge in [0.05, 0.1) is 18.9 Å². The summed E-state index contributed by atoms with van der Waals surface area (Å²) in [5, 5.41) is 8.60. The van der Waals surface area contributed by atoms with Gasteiger partial charge in [0.2, 0.25) is 6.79 Å². The molecule has 266 valence electrons. The van der Waals surface area contributed by atoms with Crippen LogP contribution in [0.3, 0.4) is 0 Å². The molecule has 1 aromatic rings. The number of unbranched alkanes of at least 4 members (excludes halogenated alkanes) is 13. The van der Waals surface area contributed by atoms with Gasteiger partial charge in [-0.3, -0.25) is 23.4 Å². The molecule has 1 heterocycles. The van der Waals surface area contributed by atoms with E-state index in [0.717, 1.165) is 38.7 Å². The number of aliphatic hydroxyl groups is 1. The quantitative estimate of drug-likeness (QED) is 0.0286. The fourth-order valence-electron chi connectivity index (χ4n) is 4.43. The van der Waals surface area contributed by atoms with Gasteiger partial charge in [-0.1, -0.05) is 101 Å². The Kier molecular flexibility index (Phi) is 24.7. The first-order valence-electron chi connectivity index (χ1n) is 16.7. The van der Waals surface area contributed by atoms with Gasteiger partial charge in [0, 0.05) is 32.6 Å². The lowest BCUT2D eigenvalue weighted by molar-refractivity contribution is -0.0127. The van der Waals surface area contributed by atoms with Gasteiger partial charge in [-0.15, -0.1) is 0 Å². The molecule has 0 saturated heterocycles. The minimum Gasteiger partial charge on any atom is -0.432 e. The second-order valence-electron chi connectivity index (χ2n) is 11.4. The molecule has 0 aliphatic carbocycles. The summed E-state index contributed by atoms with van der Waals surface area (Å²) in [5.74, 6) is 0. The molecule has 0 spiro atoms. The zero-order valence-electron chi connectivity index (χ0n) is 27.8. The standard InChI is InChI=1S/C32H56ClN2O10P/c1-28(2)45-32(39)42-27-44-46(40,25-18-15-20-35-26-29(33)30(37)34-31(35)38)43-24-17-14-12-10-8-6-4-3-5-7-9-11-13-16-22-41-23-19-21-36/h15,18,26,28,36H,3-14,16-17,19-25,27H2,1-2H3,(H,34,37,38)/b18-15+. The van der Waals surface area contributed by atoms with E-state index in [9.17, 15) is 18.9 Å². The molecular weight excluding hydrogens is 639 g/mol. The molecule has 2 N–H and O–H groups in total. The van der Waals surface area contributed by atoms with Gasteiger partial charge in [0.25, 0.3) is 5.56 Å². The van der Waals surface area contributed by atoms with Crippen molar-refractivity contribution in [1.29, 1.82) is 0 Å².